The molecule has 18 heavy (non-hydrogen) atoms. The number of carbonyl (C=O) groups excluding carboxylic acids is 1. The lowest BCUT2D eigenvalue weighted by Gasteiger charge is -2.25. The number of carbonyl (C=O) groups is 1. The maximum Gasteiger partial charge on any atom is 0.221 e. The average molecular weight is 251 g/mol. The molecular formula is C13H21N3O2. The van der Waals surface area contributed by atoms with Gasteiger partial charge in [-0.2, -0.15) is 0 Å². The van der Waals surface area contributed by atoms with Gasteiger partial charge < -0.3 is 15.0 Å². The van der Waals surface area contributed by atoms with E-state index in [4.69, 9.17) is 0 Å². The first kappa shape index (κ1) is 13.1. The predicted octanol–water partition coefficient (Wildman–Crippen LogP) is 0.940. The Labute approximate surface area is 107 Å². The molecule has 0 spiro atoms. The normalized spacial score (nSPS) is 23.8. The minimum atomic E-state index is -0.127. The Balaban J connectivity index is 1.60. The molecule has 0 unspecified atom stereocenters. The first-order valence-corrected chi connectivity index (χ1v) is 6.64. The molecule has 2 rings (SSSR count). The maximum absolute atomic E-state index is 11.7. The minimum Gasteiger partial charge on any atom is -0.393 e. The third-order valence-electron chi connectivity index (χ3n) is 3.56. The van der Waals surface area contributed by atoms with Gasteiger partial charge in [-0.25, -0.2) is 4.98 Å². The predicted molar refractivity (Wildman–Crippen MR) is 67.8 cm³/mol. The van der Waals surface area contributed by atoms with Crippen molar-refractivity contribution < 1.29 is 9.90 Å². The Morgan fingerprint density at radius 3 is 2.83 bits per heavy atom. The summed E-state index contributed by atoms with van der Waals surface area (Å²) in [6, 6.07) is 0. The molecule has 1 aliphatic rings. The fraction of sp³-hybridized carbons (Fsp3) is 0.692. The van der Waals surface area contributed by atoms with Crippen LogP contribution in [0, 0.1) is 5.92 Å². The lowest BCUT2D eigenvalue weighted by molar-refractivity contribution is -0.121. The van der Waals surface area contributed by atoms with Crippen molar-refractivity contribution in [1.29, 1.82) is 0 Å². The van der Waals surface area contributed by atoms with E-state index in [1.807, 2.05) is 10.8 Å². The second kappa shape index (κ2) is 6.54. The topological polar surface area (TPSA) is 67.2 Å². The zero-order chi connectivity index (χ0) is 12.8. The van der Waals surface area contributed by atoms with Crippen LogP contribution in [0.5, 0.6) is 0 Å². The van der Waals surface area contributed by atoms with Crippen molar-refractivity contribution in [2.24, 2.45) is 5.92 Å². The summed E-state index contributed by atoms with van der Waals surface area (Å²) in [5.41, 5.74) is 0. The molecule has 1 amide bonds. The highest BCUT2D eigenvalue weighted by molar-refractivity contribution is 5.75. The van der Waals surface area contributed by atoms with Crippen molar-refractivity contribution in [1.82, 2.24) is 14.9 Å². The van der Waals surface area contributed by atoms with Crippen LogP contribution in [0.4, 0.5) is 0 Å². The SMILES string of the molecule is O=C(CCn1ccnc1)NCC1CCC(O)CC1. The maximum atomic E-state index is 11.7. The van der Waals surface area contributed by atoms with E-state index in [1.54, 1.807) is 12.5 Å². The number of hydrogen-bond acceptors (Lipinski definition) is 3. The molecule has 1 fully saturated rings. The van der Waals surface area contributed by atoms with Crippen LogP contribution in [0.1, 0.15) is 32.1 Å². The van der Waals surface area contributed by atoms with Crippen LogP contribution in [0.2, 0.25) is 0 Å². The quantitative estimate of drug-likeness (QED) is 0.818. The van der Waals surface area contributed by atoms with E-state index in [-0.39, 0.29) is 12.0 Å². The molecule has 100 valence electrons. The summed E-state index contributed by atoms with van der Waals surface area (Å²) >= 11 is 0. The molecule has 1 heterocycles. The summed E-state index contributed by atoms with van der Waals surface area (Å²) < 4.78 is 1.90. The van der Waals surface area contributed by atoms with Gasteiger partial charge in [0, 0.05) is 31.9 Å². The zero-order valence-corrected chi connectivity index (χ0v) is 10.6. The van der Waals surface area contributed by atoms with E-state index in [2.05, 4.69) is 10.3 Å². The van der Waals surface area contributed by atoms with Gasteiger partial charge in [-0.05, 0) is 31.6 Å². The lowest BCUT2D eigenvalue weighted by atomic mass is 9.87. The van der Waals surface area contributed by atoms with Gasteiger partial charge in [0.2, 0.25) is 5.91 Å². The molecule has 0 saturated heterocycles. The fourth-order valence-electron chi connectivity index (χ4n) is 2.35. The molecule has 1 aromatic heterocycles. The van der Waals surface area contributed by atoms with E-state index in [9.17, 15) is 9.90 Å². The van der Waals surface area contributed by atoms with Gasteiger partial charge in [-0.3, -0.25) is 4.79 Å². The van der Waals surface area contributed by atoms with Gasteiger partial charge in [0.1, 0.15) is 0 Å². The Bertz CT molecular complexity index is 356. The van der Waals surface area contributed by atoms with Crippen LogP contribution in [0.25, 0.3) is 0 Å². The molecule has 1 aromatic rings. The van der Waals surface area contributed by atoms with Gasteiger partial charge in [0.25, 0.3) is 0 Å². The molecule has 2 N–H and O–H groups in total. The van der Waals surface area contributed by atoms with Crippen LogP contribution in [-0.2, 0) is 11.3 Å². The van der Waals surface area contributed by atoms with Crippen molar-refractivity contribution in [3.8, 4) is 0 Å². The monoisotopic (exact) mass is 251 g/mol. The van der Waals surface area contributed by atoms with E-state index in [0.29, 0.717) is 18.9 Å². The van der Waals surface area contributed by atoms with Crippen LogP contribution in [-0.4, -0.2) is 33.2 Å². The molecular weight excluding hydrogens is 230 g/mol. The fourth-order valence-corrected chi connectivity index (χ4v) is 2.35. The molecule has 0 bridgehead atoms. The van der Waals surface area contributed by atoms with Gasteiger partial charge in [-0.15, -0.1) is 0 Å². The number of imidazole rings is 1. The number of hydrogen-bond donors (Lipinski definition) is 2. The van der Waals surface area contributed by atoms with E-state index >= 15 is 0 Å². The molecule has 0 aliphatic heterocycles. The number of aryl methyl sites for hydroxylation is 1. The molecule has 0 radical (unpaired) electrons. The van der Waals surface area contributed by atoms with Crippen LogP contribution in [0.3, 0.4) is 0 Å². The standard InChI is InChI=1S/C13H21N3O2/c17-12-3-1-11(2-4-12)9-15-13(18)5-7-16-8-6-14-10-16/h6,8,10-12,17H,1-5,7,9H2,(H,15,18). The number of aliphatic hydroxyl groups excluding tert-OH is 1. The van der Waals surface area contributed by atoms with Crippen LogP contribution >= 0.6 is 0 Å². The number of nitrogens with zero attached hydrogens (tertiary/aromatic N) is 2. The number of nitrogens with one attached hydrogen (secondary N) is 1. The van der Waals surface area contributed by atoms with Gasteiger partial charge in [-0.1, -0.05) is 0 Å². The van der Waals surface area contributed by atoms with E-state index in [1.165, 1.54) is 0 Å². The highest BCUT2D eigenvalue weighted by Crippen LogP contribution is 2.23. The third-order valence-corrected chi connectivity index (χ3v) is 3.56. The summed E-state index contributed by atoms with van der Waals surface area (Å²) in [7, 11) is 0. The molecule has 0 aromatic carbocycles. The van der Waals surface area contributed by atoms with Crippen molar-refractivity contribution in [3.05, 3.63) is 18.7 Å². The van der Waals surface area contributed by atoms with Crippen molar-refractivity contribution in [2.75, 3.05) is 6.54 Å². The smallest absolute Gasteiger partial charge is 0.221 e. The van der Waals surface area contributed by atoms with Gasteiger partial charge in [0.15, 0.2) is 0 Å². The van der Waals surface area contributed by atoms with Crippen LogP contribution in [0.15, 0.2) is 18.7 Å². The number of rotatable bonds is 5. The second-order valence-corrected chi connectivity index (χ2v) is 5.03. The zero-order valence-electron chi connectivity index (χ0n) is 10.6. The van der Waals surface area contributed by atoms with Crippen molar-refractivity contribution in [3.63, 3.8) is 0 Å². The van der Waals surface area contributed by atoms with Crippen LogP contribution < -0.4 is 5.32 Å². The Hall–Kier alpha value is -1.36. The number of aliphatic hydroxyl groups is 1. The summed E-state index contributed by atoms with van der Waals surface area (Å²) in [6.07, 6.45) is 9.43. The molecule has 1 aliphatic carbocycles. The highest BCUT2D eigenvalue weighted by atomic mass is 16.3. The Morgan fingerprint density at radius 1 is 1.39 bits per heavy atom. The second-order valence-electron chi connectivity index (χ2n) is 5.03. The summed E-state index contributed by atoms with van der Waals surface area (Å²) in [5, 5.41) is 12.4. The average Bonchev–Trinajstić information content (AvgIpc) is 2.89. The molecule has 1 saturated carbocycles. The highest BCUT2D eigenvalue weighted by Gasteiger charge is 2.19. The molecule has 5 nitrogen and oxygen atoms in total. The number of aromatic nitrogens is 2. The first-order chi connectivity index (χ1) is 8.74. The van der Waals surface area contributed by atoms with E-state index in [0.717, 1.165) is 32.2 Å². The molecule has 5 heteroatoms. The third kappa shape index (κ3) is 4.14. The van der Waals surface area contributed by atoms with Crippen molar-refractivity contribution in [2.45, 2.75) is 44.8 Å². The summed E-state index contributed by atoms with van der Waals surface area (Å²) in [5.74, 6) is 0.625. The first-order valence-electron chi connectivity index (χ1n) is 6.64. The Kier molecular flexibility index (Phi) is 4.75. The van der Waals surface area contributed by atoms with Gasteiger partial charge in [0.05, 0.1) is 12.4 Å². The van der Waals surface area contributed by atoms with Gasteiger partial charge >= 0.3 is 0 Å². The van der Waals surface area contributed by atoms with E-state index < -0.39 is 0 Å². The largest absolute Gasteiger partial charge is 0.393 e. The summed E-state index contributed by atoms with van der Waals surface area (Å²) in [6.45, 7) is 1.42. The summed E-state index contributed by atoms with van der Waals surface area (Å²) in [4.78, 5) is 15.6. The minimum absolute atomic E-state index is 0.0924. The molecule has 0 atom stereocenters. The lowest BCUT2D eigenvalue weighted by Crippen LogP contribution is -2.32. The van der Waals surface area contributed by atoms with Crippen molar-refractivity contribution >= 4 is 5.91 Å². The number of amides is 1. The Morgan fingerprint density at radius 2 is 2.17 bits per heavy atom.